The van der Waals surface area contributed by atoms with Gasteiger partial charge in [-0.25, -0.2) is 4.98 Å². The Bertz CT molecular complexity index is 670. The normalized spacial score (nSPS) is 16.8. The van der Waals surface area contributed by atoms with E-state index in [4.69, 9.17) is 0 Å². The Morgan fingerprint density at radius 3 is 3.09 bits per heavy atom. The summed E-state index contributed by atoms with van der Waals surface area (Å²) in [4.78, 5) is 18.9. The van der Waals surface area contributed by atoms with Crippen molar-refractivity contribution < 1.29 is 4.79 Å². The van der Waals surface area contributed by atoms with E-state index in [0.717, 1.165) is 30.8 Å². The number of hydrogen-bond donors (Lipinski definition) is 1. The summed E-state index contributed by atoms with van der Waals surface area (Å²) in [7, 11) is 0. The van der Waals surface area contributed by atoms with Gasteiger partial charge in [0.1, 0.15) is 5.82 Å². The molecule has 1 unspecified atom stereocenters. The second-order valence-electron chi connectivity index (χ2n) is 5.55. The molecule has 1 amide bonds. The van der Waals surface area contributed by atoms with Crippen LogP contribution in [0.2, 0.25) is 0 Å². The van der Waals surface area contributed by atoms with E-state index in [1.165, 1.54) is 17.3 Å². The number of aromatic amines is 1. The molecular formula is C16H20N4OS. The summed E-state index contributed by atoms with van der Waals surface area (Å²) in [6.07, 6.45) is 2.84. The van der Waals surface area contributed by atoms with E-state index in [2.05, 4.69) is 35.1 Å². The lowest BCUT2D eigenvalue weighted by Crippen LogP contribution is -2.37. The summed E-state index contributed by atoms with van der Waals surface area (Å²) < 4.78 is 0. The predicted molar refractivity (Wildman–Crippen MR) is 88.2 cm³/mol. The molecule has 6 heteroatoms. The molecule has 2 heterocycles. The second-order valence-corrected chi connectivity index (χ2v) is 6.49. The van der Waals surface area contributed by atoms with Crippen molar-refractivity contribution in [3.63, 3.8) is 0 Å². The highest BCUT2D eigenvalue weighted by molar-refractivity contribution is 7.99. The first-order valence-corrected chi connectivity index (χ1v) is 8.61. The highest BCUT2D eigenvalue weighted by Gasteiger charge is 2.30. The molecule has 0 spiro atoms. The quantitative estimate of drug-likeness (QED) is 0.862. The third kappa shape index (κ3) is 3.02. The lowest BCUT2D eigenvalue weighted by molar-refractivity contribution is -0.116. The van der Waals surface area contributed by atoms with Gasteiger partial charge in [0.25, 0.3) is 0 Å². The van der Waals surface area contributed by atoms with Crippen LogP contribution in [0.5, 0.6) is 0 Å². The highest BCUT2D eigenvalue weighted by atomic mass is 32.2. The molecule has 1 aromatic carbocycles. The van der Waals surface area contributed by atoms with E-state index in [-0.39, 0.29) is 11.9 Å². The standard InChI is InChI=1S/C16H20N4OS/c1-3-6-14-17-16(19-18-14)22-10-15(21)20-11(2)9-12-7-4-5-8-13(12)20/h4-5,7-8,11H,3,6,9-10H2,1-2H3,(H,17,18,19). The first-order valence-electron chi connectivity index (χ1n) is 7.63. The number of thioether (sulfide) groups is 1. The van der Waals surface area contributed by atoms with Crippen molar-refractivity contribution in [3.8, 4) is 0 Å². The zero-order chi connectivity index (χ0) is 15.5. The van der Waals surface area contributed by atoms with E-state index in [1.54, 1.807) is 0 Å². The molecule has 0 radical (unpaired) electrons. The van der Waals surface area contributed by atoms with Gasteiger partial charge in [-0.15, -0.1) is 5.10 Å². The number of amides is 1. The number of aromatic nitrogens is 3. The maximum atomic E-state index is 12.6. The molecule has 3 rings (SSSR count). The van der Waals surface area contributed by atoms with Gasteiger partial charge in [-0.05, 0) is 31.4 Å². The molecule has 2 aromatic rings. The number of rotatable bonds is 5. The van der Waals surface area contributed by atoms with Crippen molar-refractivity contribution in [1.82, 2.24) is 15.2 Å². The van der Waals surface area contributed by atoms with Gasteiger partial charge in [0, 0.05) is 18.2 Å². The minimum atomic E-state index is 0.115. The third-order valence-corrected chi connectivity index (χ3v) is 4.63. The number of H-pyrrole nitrogens is 1. The van der Waals surface area contributed by atoms with Crippen molar-refractivity contribution in [2.45, 2.75) is 44.3 Å². The molecule has 0 fully saturated rings. The van der Waals surface area contributed by atoms with Gasteiger partial charge in [0.2, 0.25) is 11.1 Å². The van der Waals surface area contributed by atoms with Crippen LogP contribution in [0.15, 0.2) is 29.4 Å². The van der Waals surface area contributed by atoms with Crippen molar-refractivity contribution in [2.75, 3.05) is 10.7 Å². The molecule has 1 aliphatic heterocycles. The maximum Gasteiger partial charge on any atom is 0.237 e. The fourth-order valence-electron chi connectivity index (χ4n) is 2.83. The van der Waals surface area contributed by atoms with E-state index < -0.39 is 0 Å². The van der Waals surface area contributed by atoms with Crippen LogP contribution in [0.1, 0.15) is 31.7 Å². The van der Waals surface area contributed by atoms with Crippen LogP contribution in [0, 0.1) is 0 Å². The average molecular weight is 316 g/mol. The van der Waals surface area contributed by atoms with Crippen LogP contribution in [0.4, 0.5) is 5.69 Å². The summed E-state index contributed by atoms with van der Waals surface area (Å²) in [5, 5.41) is 7.72. The maximum absolute atomic E-state index is 12.6. The van der Waals surface area contributed by atoms with Gasteiger partial charge in [-0.2, -0.15) is 0 Å². The number of benzene rings is 1. The van der Waals surface area contributed by atoms with E-state index >= 15 is 0 Å². The number of carbonyl (C=O) groups excluding carboxylic acids is 1. The molecule has 116 valence electrons. The summed E-state index contributed by atoms with van der Waals surface area (Å²) in [5.74, 6) is 1.36. The second kappa shape index (κ2) is 6.52. The Hall–Kier alpha value is -1.82. The zero-order valence-electron chi connectivity index (χ0n) is 12.9. The first-order chi connectivity index (χ1) is 10.7. The Morgan fingerprint density at radius 1 is 1.45 bits per heavy atom. The summed E-state index contributed by atoms with van der Waals surface area (Å²) in [5.41, 5.74) is 2.29. The van der Waals surface area contributed by atoms with E-state index in [9.17, 15) is 4.79 Å². The van der Waals surface area contributed by atoms with Gasteiger partial charge >= 0.3 is 0 Å². The SMILES string of the molecule is CCCc1nc(SCC(=O)N2c3ccccc3CC2C)n[nH]1. The molecular weight excluding hydrogens is 296 g/mol. The highest BCUT2D eigenvalue weighted by Crippen LogP contribution is 2.32. The molecule has 1 atom stereocenters. The smallest absolute Gasteiger partial charge is 0.237 e. The predicted octanol–water partition coefficient (Wildman–Crippen LogP) is 2.83. The molecule has 22 heavy (non-hydrogen) atoms. The van der Waals surface area contributed by atoms with E-state index in [1.807, 2.05) is 23.1 Å². The monoisotopic (exact) mass is 316 g/mol. The zero-order valence-corrected chi connectivity index (χ0v) is 13.7. The number of anilines is 1. The fraction of sp³-hybridized carbons (Fsp3) is 0.438. The van der Waals surface area contributed by atoms with Crippen molar-refractivity contribution >= 4 is 23.4 Å². The van der Waals surface area contributed by atoms with Crippen molar-refractivity contribution in [3.05, 3.63) is 35.7 Å². The molecule has 1 aliphatic rings. The Labute approximate surface area is 134 Å². The number of para-hydroxylation sites is 1. The number of fused-ring (bicyclic) bond motifs is 1. The minimum absolute atomic E-state index is 0.115. The van der Waals surface area contributed by atoms with Gasteiger partial charge in [0.15, 0.2) is 0 Å². The topological polar surface area (TPSA) is 61.9 Å². The molecule has 1 aromatic heterocycles. The Balaban J connectivity index is 1.64. The van der Waals surface area contributed by atoms with Crippen LogP contribution in [0.3, 0.4) is 0 Å². The Morgan fingerprint density at radius 2 is 2.27 bits per heavy atom. The molecule has 5 nitrogen and oxygen atoms in total. The number of nitrogens with one attached hydrogen (secondary N) is 1. The summed E-state index contributed by atoms with van der Waals surface area (Å²) >= 11 is 1.39. The average Bonchev–Trinajstić information content (AvgIpc) is 3.08. The molecule has 0 saturated carbocycles. The lowest BCUT2D eigenvalue weighted by atomic mass is 10.1. The molecule has 0 bridgehead atoms. The van der Waals surface area contributed by atoms with Crippen LogP contribution in [0.25, 0.3) is 0 Å². The fourth-order valence-corrected chi connectivity index (χ4v) is 3.51. The van der Waals surface area contributed by atoms with Gasteiger partial charge < -0.3 is 4.90 Å². The van der Waals surface area contributed by atoms with Crippen molar-refractivity contribution in [2.24, 2.45) is 0 Å². The summed E-state index contributed by atoms with van der Waals surface area (Å²) in [6, 6.07) is 8.34. The van der Waals surface area contributed by atoms with Crippen LogP contribution in [-0.4, -0.2) is 32.9 Å². The van der Waals surface area contributed by atoms with Gasteiger partial charge in [-0.3, -0.25) is 9.89 Å². The third-order valence-electron chi connectivity index (χ3n) is 3.80. The summed E-state index contributed by atoms with van der Waals surface area (Å²) in [6.45, 7) is 4.19. The number of hydrogen-bond acceptors (Lipinski definition) is 4. The van der Waals surface area contributed by atoms with Gasteiger partial charge in [-0.1, -0.05) is 36.9 Å². The van der Waals surface area contributed by atoms with Crippen molar-refractivity contribution in [1.29, 1.82) is 0 Å². The molecule has 0 aliphatic carbocycles. The number of aryl methyl sites for hydroxylation is 1. The largest absolute Gasteiger partial charge is 0.308 e. The van der Waals surface area contributed by atoms with Crippen LogP contribution < -0.4 is 4.90 Å². The number of carbonyl (C=O) groups is 1. The molecule has 0 saturated heterocycles. The first kappa shape index (κ1) is 15.1. The number of nitrogens with zero attached hydrogens (tertiary/aromatic N) is 3. The van der Waals surface area contributed by atoms with Crippen LogP contribution in [-0.2, 0) is 17.6 Å². The van der Waals surface area contributed by atoms with Crippen LogP contribution >= 0.6 is 11.8 Å². The lowest BCUT2D eigenvalue weighted by Gasteiger charge is -2.22. The minimum Gasteiger partial charge on any atom is -0.308 e. The molecule has 1 N–H and O–H groups in total. The van der Waals surface area contributed by atoms with Gasteiger partial charge in [0.05, 0.1) is 5.75 Å². The van der Waals surface area contributed by atoms with E-state index in [0.29, 0.717) is 10.9 Å². The Kier molecular flexibility index (Phi) is 4.47.